The fourth-order valence-corrected chi connectivity index (χ4v) is 5.28. The van der Waals surface area contributed by atoms with Crippen LogP contribution in [-0.4, -0.2) is 60.7 Å². The van der Waals surface area contributed by atoms with Gasteiger partial charge in [0, 0.05) is 5.70 Å². The number of allylic oxidation sites excluding steroid dienone is 2. The Morgan fingerprint density at radius 2 is 1.89 bits per heavy atom. The molecule has 0 aromatic heterocycles. The number of hydrogen-bond donors (Lipinski definition) is 1. The maximum atomic E-state index is 14.5. The first kappa shape index (κ1) is 28.1. The first-order valence-electron chi connectivity index (χ1n) is 11.3. The van der Waals surface area contributed by atoms with Crippen molar-refractivity contribution < 1.29 is 40.1 Å². The van der Waals surface area contributed by atoms with Crippen molar-refractivity contribution in [3.8, 4) is 0 Å². The van der Waals surface area contributed by atoms with Gasteiger partial charge in [-0.3, -0.25) is 8.98 Å². The molecule has 1 N–H and O–H groups in total. The maximum absolute atomic E-state index is 14.5. The van der Waals surface area contributed by atoms with E-state index >= 15 is 0 Å². The lowest BCUT2D eigenvalue weighted by Gasteiger charge is -2.47. The van der Waals surface area contributed by atoms with E-state index in [0.717, 1.165) is 12.3 Å². The Labute approximate surface area is 208 Å². The Kier molecular flexibility index (Phi) is 7.61. The fraction of sp³-hybridized carbons (Fsp3) is 0.480. The van der Waals surface area contributed by atoms with E-state index in [0.29, 0.717) is 18.6 Å². The van der Waals surface area contributed by atoms with Crippen LogP contribution in [0.3, 0.4) is 0 Å². The van der Waals surface area contributed by atoms with Crippen LogP contribution < -0.4 is 0 Å². The minimum atomic E-state index is -5.28. The third kappa shape index (κ3) is 5.28. The number of carbonyl (C=O) groups is 1. The molecule has 0 spiro atoms. The number of hydrogen-bond acceptors (Lipinski definition) is 5. The number of halogens is 4. The van der Waals surface area contributed by atoms with Crippen molar-refractivity contribution in [1.29, 1.82) is 0 Å². The van der Waals surface area contributed by atoms with Gasteiger partial charge in [0.2, 0.25) is 11.5 Å². The van der Waals surface area contributed by atoms with Crippen molar-refractivity contribution >= 4 is 16.0 Å². The highest BCUT2D eigenvalue weighted by Gasteiger charge is 2.71. The second kappa shape index (κ2) is 9.75. The van der Waals surface area contributed by atoms with Gasteiger partial charge in [0.25, 0.3) is 10.1 Å². The molecule has 1 aliphatic heterocycles. The molecule has 2 aliphatic rings. The molecule has 198 valence electrons. The molecule has 4 atom stereocenters. The van der Waals surface area contributed by atoms with Gasteiger partial charge in [-0.05, 0) is 56.4 Å². The minimum absolute atomic E-state index is 0.0254. The van der Waals surface area contributed by atoms with Crippen molar-refractivity contribution in [1.82, 2.24) is 4.90 Å². The summed E-state index contributed by atoms with van der Waals surface area (Å²) in [6.45, 7) is 3.72. The zero-order valence-corrected chi connectivity index (χ0v) is 21.2. The molecule has 3 rings (SSSR count). The lowest BCUT2D eigenvalue weighted by molar-refractivity contribution is -0.285. The quantitative estimate of drug-likeness (QED) is 0.445. The highest BCUT2D eigenvalue weighted by Crippen LogP contribution is 2.54. The molecule has 1 fully saturated rings. The van der Waals surface area contributed by atoms with Gasteiger partial charge >= 0.3 is 6.18 Å². The van der Waals surface area contributed by atoms with Crippen LogP contribution in [0, 0.1) is 0 Å². The van der Waals surface area contributed by atoms with E-state index in [2.05, 4.69) is 0 Å². The Balaban J connectivity index is 2.07. The molecule has 36 heavy (non-hydrogen) atoms. The van der Waals surface area contributed by atoms with Crippen molar-refractivity contribution in [2.45, 2.75) is 63.1 Å². The van der Waals surface area contributed by atoms with E-state index in [1.165, 1.54) is 11.0 Å². The normalized spacial score (nSPS) is 30.5. The molecule has 1 amide bonds. The Morgan fingerprint density at radius 3 is 2.39 bits per heavy atom. The summed E-state index contributed by atoms with van der Waals surface area (Å²) in [5, 5.41) is 10.3. The number of benzene rings is 1. The van der Waals surface area contributed by atoms with Crippen LogP contribution in [0.15, 0.2) is 65.4 Å². The summed E-state index contributed by atoms with van der Waals surface area (Å²) in [5.74, 6) is -1.09. The predicted octanol–water partition coefficient (Wildman–Crippen LogP) is 4.55. The monoisotopic (exact) mass is 531 g/mol. The summed E-state index contributed by atoms with van der Waals surface area (Å²) >= 11 is 0. The largest absolute Gasteiger partial charge is 0.424 e. The van der Waals surface area contributed by atoms with E-state index in [1.54, 1.807) is 44.2 Å². The molecule has 1 aromatic rings. The Bertz CT molecular complexity index is 1200. The lowest BCUT2D eigenvalue weighted by atomic mass is 9.67. The zero-order chi connectivity index (χ0) is 27.1. The van der Waals surface area contributed by atoms with Crippen LogP contribution in [0.4, 0.5) is 17.6 Å². The molecule has 1 aliphatic carbocycles. The molecule has 11 heteroatoms. The SMILES string of the molecule is C/C=C1\C(=C/C2=CC(C)(F)C2(O)C(F)(F)F)CC[C@H](OS(C)(=O)=O)CN1C(=O)[C@@H](C)c1ccccc1. The average Bonchev–Trinajstić information content (AvgIpc) is 2.94. The van der Waals surface area contributed by atoms with Crippen LogP contribution >= 0.6 is 0 Å². The summed E-state index contributed by atoms with van der Waals surface area (Å²) in [7, 11) is -3.90. The van der Waals surface area contributed by atoms with E-state index in [4.69, 9.17) is 4.18 Å². The number of aliphatic hydroxyl groups is 1. The highest BCUT2D eigenvalue weighted by atomic mass is 32.2. The first-order chi connectivity index (χ1) is 16.5. The summed E-state index contributed by atoms with van der Waals surface area (Å²) in [6.07, 6.45) is -2.05. The molecular weight excluding hydrogens is 502 g/mol. The molecular formula is C25H29F4NO5S. The average molecular weight is 532 g/mol. The van der Waals surface area contributed by atoms with Crippen LogP contribution in [0.5, 0.6) is 0 Å². The van der Waals surface area contributed by atoms with Gasteiger partial charge in [0.15, 0.2) is 5.67 Å². The van der Waals surface area contributed by atoms with Gasteiger partial charge in [-0.2, -0.15) is 21.6 Å². The molecule has 0 bridgehead atoms. The van der Waals surface area contributed by atoms with Gasteiger partial charge in [-0.1, -0.05) is 42.5 Å². The van der Waals surface area contributed by atoms with Gasteiger partial charge in [-0.15, -0.1) is 0 Å². The van der Waals surface area contributed by atoms with Gasteiger partial charge < -0.3 is 10.0 Å². The van der Waals surface area contributed by atoms with Gasteiger partial charge in [0.05, 0.1) is 24.8 Å². The molecule has 6 nitrogen and oxygen atoms in total. The minimum Gasteiger partial charge on any atom is -0.374 e. The van der Waals surface area contributed by atoms with Crippen LogP contribution in [-0.2, 0) is 19.1 Å². The predicted molar refractivity (Wildman–Crippen MR) is 126 cm³/mol. The second-order valence-electron chi connectivity index (χ2n) is 9.27. The smallest absolute Gasteiger partial charge is 0.374 e. The molecule has 0 radical (unpaired) electrons. The van der Waals surface area contributed by atoms with Crippen molar-refractivity contribution in [3.05, 3.63) is 71.0 Å². The van der Waals surface area contributed by atoms with E-state index in [1.807, 2.05) is 0 Å². The standard InChI is InChI=1S/C25H29F4NO5S/c1-5-21-18(13-19-14-23(3,26)24(19,32)25(27,28)29)11-12-20(35-36(4,33)34)15-30(21)22(31)16(2)17-9-7-6-8-10-17/h5-10,13-14,16,20,32H,11-12,15H2,1-4H3/b18-13-,21-5+/t16-,20-,23?,24?/m0/s1. The van der Waals surface area contributed by atoms with Crippen LogP contribution in [0.1, 0.15) is 45.1 Å². The summed E-state index contributed by atoms with van der Waals surface area (Å²) in [6, 6.07) is 8.80. The fourth-order valence-electron chi connectivity index (χ4n) is 4.63. The Hall–Kier alpha value is -2.50. The number of carbonyl (C=O) groups excluding carboxylic acids is 1. The van der Waals surface area contributed by atoms with E-state index < -0.39 is 51.1 Å². The summed E-state index contributed by atoms with van der Waals surface area (Å²) in [5.41, 5.74) is -6.28. The molecule has 1 heterocycles. The van der Waals surface area contributed by atoms with Gasteiger partial charge in [-0.25, -0.2) is 4.39 Å². The van der Waals surface area contributed by atoms with E-state index in [9.17, 15) is 35.9 Å². The van der Waals surface area contributed by atoms with Crippen molar-refractivity contribution in [3.63, 3.8) is 0 Å². The third-order valence-electron chi connectivity index (χ3n) is 6.55. The van der Waals surface area contributed by atoms with E-state index in [-0.39, 0.29) is 30.7 Å². The van der Waals surface area contributed by atoms with Crippen molar-refractivity contribution in [2.75, 3.05) is 12.8 Å². The van der Waals surface area contributed by atoms with Crippen molar-refractivity contribution in [2.24, 2.45) is 0 Å². The third-order valence-corrected chi connectivity index (χ3v) is 7.18. The lowest BCUT2D eigenvalue weighted by Crippen LogP contribution is -2.65. The highest BCUT2D eigenvalue weighted by molar-refractivity contribution is 7.86. The van der Waals surface area contributed by atoms with Crippen LogP contribution in [0.2, 0.25) is 0 Å². The number of alkyl halides is 4. The number of likely N-dealkylation sites (tertiary alicyclic amines) is 1. The number of amides is 1. The summed E-state index contributed by atoms with van der Waals surface area (Å²) in [4.78, 5) is 14.9. The zero-order valence-electron chi connectivity index (χ0n) is 20.3. The Morgan fingerprint density at radius 1 is 1.28 bits per heavy atom. The summed E-state index contributed by atoms with van der Waals surface area (Å²) < 4.78 is 84.3. The topological polar surface area (TPSA) is 83.9 Å². The molecule has 1 aromatic carbocycles. The molecule has 1 saturated heterocycles. The van der Waals surface area contributed by atoms with Gasteiger partial charge in [0.1, 0.15) is 0 Å². The van der Waals surface area contributed by atoms with Crippen LogP contribution in [0.25, 0.3) is 0 Å². The molecule has 0 saturated carbocycles. The second-order valence-corrected chi connectivity index (χ2v) is 10.9. The molecule has 2 unspecified atom stereocenters. The number of nitrogens with zero attached hydrogens (tertiary/aromatic N) is 1. The maximum Gasteiger partial charge on any atom is 0.424 e. The first-order valence-corrected chi connectivity index (χ1v) is 13.2. The number of rotatable bonds is 5.